The van der Waals surface area contributed by atoms with Crippen LogP contribution in [0.3, 0.4) is 0 Å². The van der Waals surface area contributed by atoms with Crippen molar-refractivity contribution in [2.24, 2.45) is 0 Å². The smallest absolute Gasteiger partial charge is 0.338 e. The lowest BCUT2D eigenvalue weighted by molar-refractivity contribution is -0.0813. The van der Waals surface area contributed by atoms with Crippen molar-refractivity contribution in [1.29, 1.82) is 0 Å². The molecule has 3 aromatic carbocycles. The molecule has 41 heavy (non-hydrogen) atoms. The minimum atomic E-state index is -2.63. The van der Waals surface area contributed by atoms with Crippen molar-refractivity contribution >= 4 is 24.7 Å². The maximum absolute atomic E-state index is 12.9. The summed E-state index contributed by atoms with van der Waals surface area (Å²) in [6.45, 7) is 14.9. The van der Waals surface area contributed by atoms with Gasteiger partial charge in [-0.2, -0.15) is 0 Å². The summed E-state index contributed by atoms with van der Waals surface area (Å²) < 4.78 is 12.9. The average molecular weight is 571 g/mol. The van der Waals surface area contributed by atoms with Gasteiger partial charge in [-0.1, -0.05) is 117 Å². The van der Waals surface area contributed by atoms with Crippen LogP contribution in [0.4, 0.5) is 0 Å². The van der Waals surface area contributed by atoms with Gasteiger partial charge in [-0.15, -0.1) is 6.58 Å². The van der Waals surface area contributed by atoms with E-state index in [2.05, 4.69) is 88.9 Å². The lowest BCUT2D eigenvalue weighted by atomic mass is 9.89. The van der Waals surface area contributed by atoms with Gasteiger partial charge in [0.25, 0.3) is 8.32 Å². The molecular formula is C36H46O4Si. The molecule has 0 bridgehead atoms. The first kappa shape index (κ1) is 32.3. The number of ether oxygens (including phenoxy) is 1. The third-order valence-electron chi connectivity index (χ3n) is 7.76. The highest BCUT2D eigenvalue weighted by molar-refractivity contribution is 6.99. The molecule has 0 aliphatic carbocycles. The summed E-state index contributed by atoms with van der Waals surface area (Å²) in [5.41, 5.74) is 0.427. The zero-order chi connectivity index (χ0) is 29.9. The Bertz CT molecular complexity index is 1220. The van der Waals surface area contributed by atoms with Crippen LogP contribution in [0.2, 0.25) is 5.04 Å². The molecule has 0 aliphatic heterocycles. The molecule has 5 heteroatoms. The second kappa shape index (κ2) is 14.6. The van der Waals surface area contributed by atoms with E-state index in [0.29, 0.717) is 37.9 Å². The highest BCUT2D eigenvalue weighted by atomic mass is 28.4. The van der Waals surface area contributed by atoms with Crippen LogP contribution in [0, 0.1) is 0 Å². The van der Waals surface area contributed by atoms with Crippen LogP contribution in [0.5, 0.6) is 0 Å². The topological polar surface area (TPSA) is 55.8 Å². The number of benzene rings is 3. The Morgan fingerprint density at radius 2 is 1.41 bits per heavy atom. The van der Waals surface area contributed by atoms with Gasteiger partial charge in [-0.05, 0) is 67.1 Å². The van der Waals surface area contributed by atoms with Crippen molar-refractivity contribution < 1.29 is 19.1 Å². The van der Waals surface area contributed by atoms with Crippen LogP contribution in [-0.2, 0) is 9.16 Å². The Morgan fingerprint density at radius 3 is 1.90 bits per heavy atom. The molecule has 218 valence electrons. The first-order valence-corrected chi connectivity index (χ1v) is 16.4. The molecule has 0 fully saturated rings. The molecule has 0 saturated heterocycles. The molecule has 3 aromatic rings. The van der Waals surface area contributed by atoms with Crippen molar-refractivity contribution in [3.63, 3.8) is 0 Å². The molecule has 0 heterocycles. The Kier molecular flexibility index (Phi) is 11.5. The summed E-state index contributed by atoms with van der Waals surface area (Å²) in [7, 11) is -2.63. The van der Waals surface area contributed by atoms with Gasteiger partial charge in [0.2, 0.25) is 0 Å². The number of allylic oxidation sites excluding steroid dienone is 2. The number of esters is 1. The highest BCUT2D eigenvalue weighted by Gasteiger charge is 2.49. The minimum absolute atomic E-state index is 0.0992. The molecule has 0 spiro atoms. The predicted molar refractivity (Wildman–Crippen MR) is 172 cm³/mol. The molecule has 0 unspecified atom stereocenters. The van der Waals surface area contributed by atoms with Crippen molar-refractivity contribution in [1.82, 2.24) is 0 Å². The molecule has 0 aliphatic rings. The fourth-order valence-corrected chi connectivity index (χ4v) is 9.84. The number of hydrogen-bond acceptors (Lipinski definition) is 4. The Balaban J connectivity index is 1.79. The first-order chi connectivity index (χ1) is 19.5. The Hall–Kier alpha value is -3.25. The van der Waals surface area contributed by atoms with Crippen LogP contribution < -0.4 is 10.4 Å². The number of aliphatic hydroxyl groups is 1. The third kappa shape index (κ3) is 8.38. The summed E-state index contributed by atoms with van der Waals surface area (Å²) in [6, 6.07) is 30.1. The fraction of sp³-hybridized carbons (Fsp3) is 0.361. The second-order valence-electron chi connectivity index (χ2n) is 12.0. The van der Waals surface area contributed by atoms with Gasteiger partial charge in [0.15, 0.2) is 0 Å². The van der Waals surface area contributed by atoms with Crippen molar-refractivity contribution in [2.45, 2.75) is 77.0 Å². The van der Waals surface area contributed by atoms with Crippen molar-refractivity contribution in [2.75, 3.05) is 6.61 Å². The highest BCUT2D eigenvalue weighted by Crippen LogP contribution is 2.37. The van der Waals surface area contributed by atoms with Gasteiger partial charge in [0, 0.05) is 0 Å². The van der Waals surface area contributed by atoms with Gasteiger partial charge in [0.05, 0.1) is 17.8 Å². The van der Waals surface area contributed by atoms with Crippen molar-refractivity contribution in [3.8, 4) is 0 Å². The molecular weight excluding hydrogens is 524 g/mol. The van der Waals surface area contributed by atoms with Gasteiger partial charge in [-0.25, -0.2) is 4.79 Å². The molecule has 2 atom stereocenters. The van der Waals surface area contributed by atoms with E-state index >= 15 is 0 Å². The largest absolute Gasteiger partial charge is 0.456 e. The molecule has 0 radical (unpaired) electrons. The standard InChI is InChI=1S/C36H46O4Si/c1-7-8-27-36(6,38)33(40-34(37)30-18-12-9-13-19-30)25-24-29(2)26-28-39-41(35(3,4)5,31-20-14-10-15-21-31)32-22-16-11-17-23-32/h7,9-23,26,33,38H,1,8,24-25,27-28H2,2-6H3/b29-26+/t33-,36+/m0/s1. The van der Waals surface area contributed by atoms with Crippen LogP contribution in [-0.4, -0.2) is 37.7 Å². The SMILES string of the molecule is C=CCC[C@@](C)(O)[C@H](CC/C(C)=C/CO[Si](c1ccccc1)(c1ccccc1)C(C)(C)C)OC(=O)c1ccccc1. The summed E-state index contributed by atoms with van der Waals surface area (Å²) in [5, 5.41) is 13.7. The zero-order valence-corrected chi connectivity index (χ0v) is 26.3. The number of hydrogen-bond donors (Lipinski definition) is 1. The fourth-order valence-electron chi connectivity index (χ4n) is 5.35. The van der Waals surface area contributed by atoms with E-state index in [-0.39, 0.29) is 5.04 Å². The summed E-state index contributed by atoms with van der Waals surface area (Å²) in [6.07, 6.45) is 5.52. The quantitative estimate of drug-likeness (QED) is 0.126. The van der Waals surface area contributed by atoms with E-state index in [1.165, 1.54) is 10.4 Å². The molecule has 0 saturated carbocycles. The van der Waals surface area contributed by atoms with Crippen LogP contribution in [0.1, 0.15) is 70.7 Å². The summed E-state index contributed by atoms with van der Waals surface area (Å²) in [4.78, 5) is 12.9. The molecule has 4 nitrogen and oxygen atoms in total. The lowest BCUT2D eigenvalue weighted by Crippen LogP contribution is -2.66. The van der Waals surface area contributed by atoms with Crippen LogP contribution in [0.25, 0.3) is 0 Å². The van der Waals surface area contributed by atoms with E-state index in [9.17, 15) is 9.90 Å². The van der Waals surface area contributed by atoms with Gasteiger partial charge in [-0.3, -0.25) is 0 Å². The number of rotatable bonds is 14. The van der Waals surface area contributed by atoms with E-state index in [0.717, 1.165) is 5.57 Å². The Morgan fingerprint density at radius 1 is 0.902 bits per heavy atom. The van der Waals surface area contributed by atoms with Gasteiger partial charge in [0.1, 0.15) is 6.10 Å². The summed E-state index contributed by atoms with van der Waals surface area (Å²) in [5.74, 6) is -0.425. The monoisotopic (exact) mass is 570 g/mol. The molecule has 0 aromatic heterocycles. The molecule has 3 rings (SSSR count). The lowest BCUT2D eigenvalue weighted by Gasteiger charge is -2.42. The third-order valence-corrected chi connectivity index (χ3v) is 12.8. The van der Waals surface area contributed by atoms with E-state index in [4.69, 9.17) is 9.16 Å². The predicted octanol–water partition coefficient (Wildman–Crippen LogP) is 7.23. The van der Waals surface area contributed by atoms with Crippen LogP contribution >= 0.6 is 0 Å². The van der Waals surface area contributed by atoms with Gasteiger partial charge >= 0.3 is 5.97 Å². The van der Waals surface area contributed by atoms with Crippen molar-refractivity contribution in [3.05, 3.63) is 121 Å². The van der Waals surface area contributed by atoms with Gasteiger partial charge < -0.3 is 14.3 Å². The normalized spacial score (nSPS) is 14.6. The number of carbonyl (C=O) groups excluding carboxylic acids is 1. The number of carbonyl (C=O) groups is 1. The maximum atomic E-state index is 12.9. The first-order valence-electron chi connectivity index (χ1n) is 14.5. The maximum Gasteiger partial charge on any atom is 0.338 e. The second-order valence-corrected chi connectivity index (χ2v) is 16.3. The van der Waals surface area contributed by atoms with Crippen LogP contribution in [0.15, 0.2) is 115 Å². The zero-order valence-electron chi connectivity index (χ0n) is 25.3. The molecule has 1 N–H and O–H groups in total. The Labute approximate surface area is 247 Å². The van der Waals surface area contributed by atoms with E-state index < -0.39 is 26.0 Å². The van der Waals surface area contributed by atoms with E-state index in [1.807, 2.05) is 18.2 Å². The molecule has 0 amide bonds. The summed E-state index contributed by atoms with van der Waals surface area (Å²) >= 11 is 0. The minimum Gasteiger partial charge on any atom is -0.456 e. The average Bonchev–Trinajstić information content (AvgIpc) is 2.97. The van der Waals surface area contributed by atoms with E-state index in [1.54, 1.807) is 37.3 Å².